The van der Waals surface area contributed by atoms with Crippen molar-refractivity contribution >= 4 is 5.97 Å². The lowest BCUT2D eigenvalue weighted by molar-refractivity contribution is 0.0695. The Morgan fingerprint density at radius 2 is 1.86 bits per heavy atom. The molecule has 5 nitrogen and oxygen atoms in total. The minimum atomic E-state index is -1.17. The SMILES string of the molecule is COc1cc(F)c(-c2ccc(C(=O)O)c(C)c2O)c(OC)c1. The third kappa shape index (κ3) is 2.55. The van der Waals surface area contributed by atoms with Crippen LogP contribution in [-0.2, 0) is 0 Å². The fourth-order valence-corrected chi connectivity index (χ4v) is 2.23. The van der Waals surface area contributed by atoms with Crippen LogP contribution in [0.25, 0.3) is 11.1 Å². The van der Waals surface area contributed by atoms with Crippen molar-refractivity contribution in [3.63, 3.8) is 0 Å². The lowest BCUT2D eigenvalue weighted by Gasteiger charge is -2.15. The van der Waals surface area contributed by atoms with Crippen LogP contribution in [0.2, 0.25) is 0 Å². The second-order valence-electron chi connectivity index (χ2n) is 4.63. The first-order chi connectivity index (χ1) is 10.4. The maximum atomic E-state index is 14.4. The van der Waals surface area contributed by atoms with Crippen molar-refractivity contribution in [2.24, 2.45) is 0 Å². The molecule has 0 aliphatic carbocycles. The van der Waals surface area contributed by atoms with Crippen LogP contribution in [0.1, 0.15) is 15.9 Å². The van der Waals surface area contributed by atoms with Gasteiger partial charge in [-0.15, -0.1) is 0 Å². The van der Waals surface area contributed by atoms with Gasteiger partial charge in [-0.05, 0) is 19.1 Å². The molecule has 0 unspecified atom stereocenters. The number of carboxylic acids is 1. The summed E-state index contributed by atoms with van der Waals surface area (Å²) in [5.74, 6) is -1.66. The fraction of sp³-hybridized carbons (Fsp3) is 0.188. The Hall–Kier alpha value is -2.76. The monoisotopic (exact) mass is 306 g/mol. The predicted molar refractivity (Wildman–Crippen MR) is 78.3 cm³/mol. The summed E-state index contributed by atoms with van der Waals surface area (Å²) in [6, 6.07) is 5.31. The number of phenols is 1. The topological polar surface area (TPSA) is 76.0 Å². The Bertz CT molecular complexity index is 740. The minimum Gasteiger partial charge on any atom is -0.507 e. The van der Waals surface area contributed by atoms with E-state index in [9.17, 15) is 14.3 Å². The lowest BCUT2D eigenvalue weighted by atomic mass is 9.97. The van der Waals surface area contributed by atoms with Crippen LogP contribution >= 0.6 is 0 Å². The molecular formula is C16H15FO5. The Balaban J connectivity index is 2.72. The van der Waals surface area contributed by atoms with Gasteiger partial charge in [-0.25, -0.2) is 9.18 Å². The molecule has 2 aromatic carbocycles. The molecule has 2 rings (SSSR count). The van der Waals surface area contributed by atoms with Crippen molar-refractivity contribution in [1.82, 2.24) is 0 Å². The number of phenolic OH excluding ortho intramolecular Hbond substituents is 1. The molecule has 0 spiro atoms. The Labute approximate surface area is 126 Å². The Morgan fingerprint density at radius 1 is 1.18 bits per heavy atom. The lowest BCUT2D eigenvalue weighted by Crippen LogP contribution is -2.01. The van der Waals surface area contributed by atoms with Crippen LogP contribution in [0.5, 0.6) is 17.2 Å². The molecule has 0 aromatic heterocycles. The molecule has 0 saturated heterocycles. The van der Waals surface area contributed by atoms with E-state index < -0.39 is 11.8 Å². The highest BCUT2D eigenvalue weighted by molar-refractivity contribution is 5.92. The highest BCUT2D eigenvalue weighted by Crippen LogP contribution is 2.42. The van der Waals surface area contributed by atoms with Gasteiger partial charge in [0.2, 0.25) is 0 Å². The zero-order chi connectivity index (χ0) is 16.4. The molecule has 0 atom stereocenters. The third-order valence-corrected chi connectivity index (χ3v) is 3.41. The summed E-state index contributed by atoms with van der Waals surface area (Å²) in [4.78, 5) is 11.1. The molecule has 116 valence electrons. The van der Waals surface area contributed by atoms with E-state index in [-0.39, 0.29) is 39.5 Å². The van der Waals surface area contributed by atoms with Crippen molar-refractivity contribution in [3.05, 3.63) is 41.2 Å². The van der Waals surface area contributed by atoms with Gasteiger partial charge in [0.1, 0.15) is 23.1 Å². The van der Waals surface area contributed by atoms with Gasteiger partial charge in [0.05, 0.1) is 25.3 Å². The first kappa shape index (κ1) is 15.6. The van der Waals surface area contributed by atoms with Gasteiger partial charge in [0.15, 0.2) is 0 Å². The molecule has 0 aliphatic heterocycles. The summed E-state index contributed by atoms with van der Waals surface area (Å²) in [6.45, 7) is 1.45. The summed E-state index contributed by atoms with van der Waals surface area (Å²) >= 11 is 0. The summed E-state index contributed by atoms with van der Waals surface area (Å²) < 4.78 is 24.5. The third-order valence-electron chi connectivity index (χ3n) is 3.41. The van der Waals surface area contributed by atoms with Gasteiger partial charge in [-0.3, -0.25) is 0 Å². The van der Waals surface area contributed by atoms with Gasteiger partial charge in [-0.2, -0.15) is 0 Å². The van der Waals surface area contributed by atoms with E-state index >= 15 is 0 Å². The van der Waals surface area contributed by atoms with Crippen molar-refractivity contribution in [2.75, 3.05) is 14.2 Å². The smallest absolute Gasteiger partial charge is 0.336 e. The van der Waals surface area contributed by atoms with Crippen molar-refractivity contribution in [2.45, 2.75) is 6.92 Å². The van der Waals surface area contributed by atoms with Gasteiger partial charge in [-0.1, -0.05) is 0 Å². The van der Waals surface area contributed by atoms with E-state index in [0.29, 0.717) is 0 Å². The number of methoxy groups -OCH3 is 2. The van der Waals surface area contributed by atoms with Crippen molar-refractivity contribution in [3.8, 4) is 28.4 Å². The molecule has 0 amide bonds. The number of hydrogen-bond acceptors (Lipinski definition) is 4. The molecule has 0 aliphatic rings. The van der Waals surface area contributed by atoms with Crippen LogP contribution < -0.4 is 9.47 Å². The van der Waals surface area contributed by atoms with E-state index in [0.717, 1.165) is 6.07 Å². The van der Waals surface area contributed by atoms with Crippen LogP contribution in [0.3, 0.4) is 0 Å². The first-order valence-electron chi connectivity index (χ1n) is 6.38. The van der Waals surface area contributed by atoms with E-state index in [1.165, 1.54) is 39.3 Å². The van der Waals surface area contributed by atoms with Crippen LogP contribution in [0.4, 0.5) is 4.39 Å². The van der Waals surface area contributed by atoms with Gasteiger partial charge in [0.25, 0.3) is 0 Å². The summed E-state index contributed by atoms with van der Waals surface area (Å²) in [6.07, 6.45) is 0. The van der Waals surface area contributed by atoms with E-state index in [2.05, 4.69) is 0 Å². The molecule has 0 bridgehead atoms. The summed E-state index contributed by atoms with van der Waals surface area (Å²) in [5, 5.41) is 19.3. The molecule has 2 N–H and O–H groups in total. The molecule has 0 heterocycles. The summed E-state index contributed by atoms with van der Waals surface area (Å²) in [7, 11) is 2.77. The standard InChI is InChI=1S/C16H15FO5/c1-8-10(16(19)20)4-5-11(15(8)18)14-12(17)6-9(21-2)7-13(14)22-3/h4-7,18H,1-3H3,(H,19,20). The fourth-order valence-electron chi connectivity index (χ4n) is 2.23. The first-order valence-corrected chi connectivity index (χ1v) is 6.38. The van der Waals surface area contributed by atoms with E-state index in [1.54, 1.807) is 0 Å². The van der Waals surface area contributed by atoms with Crippen LogP contribution in [0, 0.1) is 12.7 Å². The average molecular weight is 306 g/mol. The van der Waals surface area contributed by atoms with Gasteiger partial charge >= 0.3 is 5.97 Å². The number of carbonyl (C=O) groups is 1. The normalized spacial score (nSPS) is 10.4. The minimum absolute atomic E-state index is 0.0424. The number of aromatic carboxylic acids is 1. The predicted octanol–water partition coefficient (Wildman–Crippen LogP) is 3.22. The Kier molecular flexibility index (Phi) is 4.21. The zero-order valence-corrected chi connectivity index (χ0v) is 12.3. The molecule has 2 aromatic rings. The van der Waals surface area contributed by atoms with Crippen LogP contribution in [0.15, 0.2) is 24.3 Å². The quantitative estimate of drug-likeness (QED) is 0.907. The summed E-state index contributed by atoms with van der Waals surface area (Å²) in [5.41, 5.74) is 0.303. The molecule has 6 heteroatoms. The second kappa shape index (κ2) is 5.93. The second-order valence-corrected chi connectivity index (χ2v) is 4.63. The number of hydrogen-bond donors (Lipinski definition) is 2. The molecule has 22 heavy (non-hydrogen) atoms. The van der Waals surface area contributed by atoms with Crippen LogP contribution in [-0.4, -0.2) is 30.4 Å². The maximum absolute atomic E-state index is 14.4. The number of benzene rings is 2. The highest BCUT2D eigenvalue weighted by Gasteiger charge is 2.21. The molecule has 0 radical (unpaired) electrons. The molecule has 0 saturated carbocycles. The maximum Gasteiger partial charge on any atom is 0.336 e. The van der Waals surface area contributed by atoms with Gasteiger partial charge in [0, 0.05) is 23.3 Å². The zero-order valence-electron chi connectivity index (χ0n) is 12.3. The average Bonchev–Trinajstić information content (AvgIpc) is 2.49. The van der Waals surface area contributed by atoms with Gasteiger partial charge < -0.3 is 19.7 Å². The number of aromatic hydroxyl groups is 1. The molecule has 0 fully saturated rings. The van der Waals surface area contributed by atoms with E-state index in [1.807, 2.05) is 0 Å². The van der Waals surface area contributed by atoms with Crippen molar-refractivity contribution < 1.29 is 28.9 Å². The number of carboxylic acid groups (broad SMARTS) is 1. The highest BCUT2D eigenvalue weighted by atomic mass is 19.1. The van der Waals surface area contributed by atoms with Crippen molar-refractivity contribution in [1.29, 1.82) is 0 Å². The largest absolute Gasteiger partial charge is 0.507 e. The Morgan fingerprint density at radius 3 is 2.41 bits per heavy atom. The number of halogens is 1. The number of ether oxygens (including phenoxy) is 2. The van der Waals surface area contributed by atoms with E-state index in [4.69, 9.17) is 14.6 Å². The number of rotatable bonds is 4. The molecular weight excluding hydrogens is 291 g/mol.